The van der Waals surface area contributed by atoms with Crippen LogP contribution in [0.2, 0.25) is 0 Å². The van der Waals surface area contributed by atoms with Crippen LogP contribution in [0, 0.1) is 13.8 Å². The zero-order chi connectivity index (χ0) is 18.5. The van der Waals surface area contributed by atoms with E-state index in [1.165, 1.54) is 0 Å². The fourth-order valence-corrected chi connectivity index (χ4v) is 2.60. The molecule has 2 aromatic carbocycles. The summed E-state index contributed by atoms with van der Waals surface area (Å²) in [5.74, 6) is 0.507. The summed E-state index contributed by atoms with van der Waals surface area (Å²) >= 11 is 0. The summed E-state index contributed by atoms with van der Waals surface area (Å²) in [6.45, 7) is 4.00. The van der Waals surface area contributed by atoms with Crippen molar-refractivity contribution in [1.29, 1.82) is 0 Å². The highest BCUT2D eigenvalue weighted by Gasteiger charge is 2.09. The van der Waals surface area contributed by atoms with Crippen molar-refractivity contribution >= 4 is 23.0 Å². The minimum atomic E-state index is -0.240. The van der Waals surface area contributed by atoms with Crippen molar-refractivity contribution in [3.63, 3.8) is 0 Å². The van der Waals surface area contributed by atoms with Gasteiger partial charge >= 0.3 is 0 Å². The molecule has 1 amide bonds. The number of nitrogens with one attached hydrogen (secondary N) is 2. The highest BCUT2D eigenvalue weighted by molar-refractivity contribution is 6.03. The average molecular weight is 347 g/mol. The number of rotatable bonds is 5. The Labute approximate surface area is 153 Å². The van der Waals surface area contributed by atoms with Gasteiger partial charge in [-0.1, -0.05) is 18.2 Å². The molecule has 0 spiro atoms. The second-order valence-corrected chi connectivity index (χ2v) is 6.08. The number of anilines is 3. The Balaban J connectivity index is 1.72. The van der Waals surface area contributed by atoms with Gasteiger partial charge in [0.15, 0.2) is 0 Å². The van der Waals surface area contributed by atoms with Crippen molar-refractivity contribution in [2.75, 3.05) is 17.7 Å². The number of methoxy groups -OCH3 is 1. The van der Waals surface area contributed by atoms with Gasteiger partial charge in [-0.25, -0.2) is 4.98 Å². The molecule has 0 unspecified atom stereocenters. The van der Waals surface area contributed by atoms with E-state index in [1.54, 1.807) is 19.4 Å². The van der Waals surface area contributed by atoms with Crippen molar-refractivity contribution in [3.05, 3.63) is 77.6 Å². The molecule has 26 heavy (non-hydrogen) atoms. The van der Waals surface area contributed by atoms with Gasteiger partial charge in [0.05, 0.1) is 24.7 Å². The number of carbonyl (C=O) groups excluding carboxylic acids is 1. The highest BCUT2D eigenvalue weighted by atomic mass is 16.5. The lowest BCUT2D eigenvalue weighted by molar-refractivity contribution is 0.102. The van der Waals surface area contributed by atoms with Gasteiger partial charge in [-0.05, 0) is 61.4 Å². The van der Waals surface area contributed by atoms with Gasteiger partial charge in [0, 0.05) is 5.69 Å². The van der Waals surface area contributed by atoms with Gasteiger partial charge < -0.3 is 15.4 Å². The molecule has 132 valence electrons. The van der Waals surface area contributed by atoms with Crippen LogP contribution in [0.1, 0.15) is 21.6 Å². The first-order valence-corrected chi connectivity index (χ1v) is 8.31. The number of hydrogen-bond acceptors (Lipinski definition) is 4. The Kier molecular flexibility index (Phi) is 5.17. The average Bonchev–Trinajstić information content (AvgIpc) is 2.62. The van der Waals surface area contributed by atoms with E-state index >= 15 is 0 Å². The first-order chi connectivity index (χ1) is 12.5. The van der Waals surface area contributed by atoms with Gasteiger partial charge in [0.2, 0.25) is 0 Å². The predicted octanol–water partition coefficient (Wildman–Crippen LogP) is 4.70. The summed E-state index contributed by atoms with van der Waals surface area (Å²) < 4.78 is 5.36. The number of carbonyl (C=O) groups is 1. The van der Waals surface area contributed by atoms with E-state index in [0.29, 0.717) is 5.69 Å². The van der Waals surface area contributed by atoms with Crippen molar-refractivity contribution in [1.82, 2.24) is 4.98 Å². The smallest absolute Gasteiger partial charge is 0.274 e. The lowest BCUT2D eigenvalue weighted by Crippen LogP contribution is -2.13. The zero-order valence-electron chi connectivity index (χ0n) is 15.0. The monoisotopic (exact) mass is 347 g/mol. The Morgan fingerprint density at radius 2 is 1.77 bits per heavy atom. The van der Waals surface area contributed by atoms with Crippen molar-refractivity contribution in [2.45, 2.75) is 13.8 Å². The first-order valence-electron chi connectivity index (χ1n) is 8.31. The zero-order valence-corrected chi connectivity index (χ0v) is 15.0. The molecule has 1 aromatic heterocycles. The number of ether oxygens (including phenoxy) is 1. The summed E-state index contributed by atoms with van der Waals surface area (Å²) in [6, 6.07) is 17.1. The number of nitrogens with zero attached hydrogens (tertiary/aromatic N) is 1. The fourth-order valence-electron chi connectivity index (χ4n) is 2.60. The maximum Gasteiger partial charge on any atom is 0.274 e. The van der Waals surface area contributed by atoms with E-state index in [-0.39, 0.29) is 5.91 Å². The molecule has 1 heterocycles. The van der Waals surface area contributed by atoms with Gasteiger partial charge in [0.1, 0.15) is 11.4 Å². The van der Waals surface area contributed by atoms with E-state index in [1.807, 2.05) is 62.4 Å². The number of benzene rings is 2. The molecular formula is C21H21N3O2. The molecular weight excluding hydrogens is 326 g/mol. The molecule has 2 N–H and O–H groups in total. The molecule has 0 bridgehead atoms. The number of aryl methyl sites for hydroxylation is 2. The topological polar surface area (TPSA) is 63.2 Å². The second-order valence-electron chi connectivity index (χ2n) is 6.08. The van der Waals surface area contributed by atoms with Crippen LogP contribution >= 0.6 is 0 Å². The molecule has 0 aliphatic heterocycles. The Hall–Kier alpha value is -3.34. The maximum absolute atomic E-state index is 12.3. The molecule has 5 nitrogen and oxygen atoms in total. The summed E-state index contributed by atoms with van der Waals surface area (Å²) in [7, 11) is 1.63. The minimum absolute atomic E-state index is 0.240. The largest absolute Gasteiger partial charge is 0.495 e. The molecule has 0 atom stereocenters. The molecule has 0 fully saturated rings. The first kappa shape index (κ1) is 17.5. The van der Waals surface area contributed by atoms with Crippen LogP contribution < -0.4 is 15.4 Å². The Morgan fingerprint density at radius 1 is 0.962 bits per heavy atom. The second kappa shape index (κ2) is 7.70. The van der Waals surface area contributed by atoms with Crippen LogP contribution in [0.3, 0.4) is 0 Å². The van der Waals surface area contributed by atoms with E-state index in [2.05, 4.69) is 15.6 Å². The van der Waals surface area contributed by atoms with Crippen LogP contribution in [0.5, 0.6) is 5.75 Å². The number of amides is 1. The van der Waals surface area contributed by atoms with E-state index in [4.69, 9.17) is 4.74 Å². The van der Waals surface area contributed by atoms with Gasteiger partial charge in [-0.2, -0.15) is 0 Å². The van der Waals surface area contributed by atoms with Gasteiger partial charge in [-0.15, -0.1) is 0 Å². The van der Waals surface area contributed by atoms with Crippen molar-refractivity contribution < 1.29 is 9.53 Å². The predicted molar refractivity (Wildman–Crippen MR) is 104 cm³/mol. The summed E-state index contributed by atoms with van der Waals surface area (Å²) in [5, 5.41) is 6.12. The van der Waals surface area contributed by atoms with E-state index in [9.17, 15) is 4.79 Å². The SMILES string of the molecule is COc1ccc(C)cc1Nc1ccc(C(=O)Nc2cccc(C)c2)nc1. The van der Waals surface area contributed by atoms with Gasteiger partial charge in [0.25, 0.3) is 5.91 Å². The lowest BCUT2D eigenvalue weighted by atomic mass is 10.2. The molecule has 0 saturated heterocycles. The molecule has 0 aliphatic carbocycles. The lowest BCUT2D eigenvalue weighted by Gasteiger charge is -2.12. The standard InChI is InChI=1S/C21H21N3O2/c1-14-5-4-6-16(11-14)24-21(25)18-9-8-17(13-22-18)23-19-12-15(2)7-10-20(19)26-3/h4-13,23H,1-3H3,(H,24,25). The number of pyridine rings is 1. The normalized spacial score (nSPS) is 10.3. The molecule has 3 rings (SSSR count). The van der Waals surface area contributed by atoms with Crippen molar-refractivity contribution in [2.24, 2.45) is 0 Å². The molecule has 0 aliphatic rings. The summed E-state index contributed by atoms with van der Waals surface area (Å²) in [6.07, 6.45) is 1.63. The number of aromatic nitrogens is 1. The van der Waals surface area contributed by atoms with Crippen LogP contribution in [0.4, 0.5) is 17.1 Å². The van der Waals surface area contributed by atoms with Gasteiger partial charge in [-0.3, -0.25) is 4.79 Å². The quantitative estimate of drug-likeness (QED) is 0.702. The van der Waals surface area contributed by atoms with Crippen LogP contribution in [0.25, 0.3) is 0 Å². The van der Waals surface area contributed by atoms with Crippen LogP contribution in [0.15, 0.2) is 60.8 Å². The summed E-state index contributed by atoms with van der Waals surface area (Å²) in [4.78, 5) is 16.6. The summed E-state index contributed by atoms with van der Waals surface area (Å²) in [5.41, 5.74) is 4.95. The van der Waals surface area contributed by atoms with E-state index < -0.39 is 0 Å². The van der Waals surface area contributed by atoms with E-state index in [0.717, 1.165) is 33.9 Å². The maximum atomic E-state index is 12.3. The Morgan fingerprint density at radius 3 is 2.46 bits per heavy atom. The molecule has 3 aromatic rings. The Bertz CT molecular complexity index is 921. The molecule has 5 heteroatoms. The minimum Gasteiger partial charge on any atom is -0.495 e. The van der Waals surface area contributed by atoms with Crippen LogP contribution in [-0.2, 0) is 0 Å². The molecule has 0 saturated carbocycles. The third kappa shape index (κ3) is 4.19. The third-order valence-electron chi connectivity index (χ3n) is 3.91. The fraction of sp³-hybridized carbons (Fsp3) is 0.143. The highest BCUT2D eigenvalue weighted by Crippen LogP contribution is 2.28. The number of hydrogen-bond donors (Lipinski definition) is 2. The molecule has 0 radical (unpaired) electrons. The van der Waals surface area contributed by atoms with Crippen molar-refractivity contribution in [3.8, 4) is 5.75 Å². The third-order valence-corrected chi connectivity index (χ3v) is 3.91. The van der Waals surface area contributed by atoms with Crippen LogP contribution in [-0.4, -0.2) is 18.0 Å².